The van der Waals surface area contributed by atoms with Crippen molar-refractivity contribution in [1.29, 1.82) is 0 Å². The van der Waals surface area contributed by atoms with Crippen molar-refractivity contribution in [3.63, 3.8) is 0 Å². The molecule has 1 fully saturated rings. The van der Waals surface area contributed by atoms with Gasteiger partial charge in [-0.1, -0.05) is 25.6 Å². The summed E-state index contributed by atoms with van der Waals surface area (Å²) in [5.74, 6) is 4.19. The van der Waals surface area contributed by atoms with Gasteiger partial charge in [-0.3, -0.25) is 0 Å². The summed E-state index contributed by atoms with van der Waals surface area (Å²) in [5, 5.41) is 0. The largest absolute Gasteiger partial charge is 0.495 e. The van der Waals surface area contributed by atoms with Crippen LogP contribution in [0, 0.1) is 11.5 Å². The Morgan fingerprint density at radius 2 is 1.76 bits per heavy atom. The lowest BCUT2D eigenvalue weighted by Gasteiger charge is -2.34. The van der Waals surface area contributed by atoms with Gasteiger partial charge in [0.2, 0.25) is 0 Å². The number of likely N-dealkylation sites (N-methyl/N-ethyl adjacent to an activating group) is 1. The second kappa shape index (κ2) is 6.55. The van der Waals surface area contributed by atoms with Crippen LogP contribution in [0.4, 0.5) is 5.69 Å². The van der Waals surface area contributed by atoms with E-state index >= 15 is 0 Å². The van der Waals surface area contributed by atoms with Gasteiger partial charge >= 0.3 is 0 Å². The molecule has 0 bridgehead atoms. The van der Waals surface area contributed by atoms with E-state index in [9.17, 15) is 0 Å². The number of ether oxygens (including phenoxy) is 1. The molecule has 114 valence electrons. The van der Waals surface area contributed by atoms with E-state index in [0.29, 0.717) is 0 Å². The topological polar surface area (TPSA) is 15.7 Å². The summed E-state index contributed by atoms with van der Waals surface area (Å²) in [7, 11) is 2.54. The van der Waals surface area contributed by atoms with Crippen molar-refractivity contribution in [3.8, 4) is 17.2 Å². The minimum absolute atomic E-state index is 0.886. The Kier molecular flexibility index (Phi) is 4.97. The van der Waals surface area contributed by atoms with Gasteiger partial charge in [0, 0.05) is 37.9 Å². The molecule has 1 aliphatic heterocycles. The number of piperazine rings is 1. The first-order chi connectivity index (χ1) is 9.89. The highest BCUT2D eigenvalue weighted by Crippen LogP contribution is 2.26. The van der Waals surface area contributed by atoms with E-state index in [4.69, 9.17) is 4.74 Å². The van der Waals surface area contributed by atoms with E-state index in [0.717, 1.165) is 37.5 Å². The monoisotopic (exact) mass is 302 g/mol. The lowest BCUT2D eigenvalue weighted by molar-refractivity contribution is 0.312. The fourth-order valence-corrected chi connectivity index (χ4v) is 2.81. The van der Waals surface area contributed by atoms with Crippen molar-refractivity contribution in [2.45, 2.75) is 19.6 Å². The van der Waals surface area contributed by atoms with Crippen LogP contribution in [0.15, 0.2) is 18.2 Å². The molecule has 1 aromatic rings. The highest BCUT2D eigenvalue weighted by Gasteiger charge is 2.15. The third kappa shape index (κ3) is 4.52. The van der Waals surface area contributed by atoms with Gasteiger partial charge in [0.05, 0.1) is 12.7 Å². The molecule has 0 spiro atoms. The molecule has 0 unspecified atom stereocenters. The number of hydrogen-bond donors (Lipinski definition) is 0. The molecule has 1 heterocycles. The molecule has 4 heteroatoms. The van der Waals surface area contributed by atoms with Gasteiger partial charge in [-0.25, -0.2) is 0 Å². The summed E-state index contributed by atoms with van der Waals surface area (Å²) in [6.45, 7) is 11.1. The molecule has 3 nitrogen and oxygen atoms in total. The molecule has 0 aliphatic carbocycles. The fourth-order valence-electron chi connectivity index (χ4n) is 2.30. The molecular weight excluding hydrogens is 276 g/mol. The van der Waals surface area contributed by atoms with Crippen LogP contribution in [-0.2, 0) is 0 Å². The Morgan fingerprint density at radius 1 is 1.10 bits per heavy atom. The number of anilines is 1. The van der Waals surface area contributed by atoms with Crippen molar-refractivity contribution in [2.24, 2.45) is 0 Å². The Hall–Kier alpha value is -1.44. The van der Waals surface area contributed by atoms with Crippen molar-refractivity contribution < 1.29 is 4.74 Å². The maximum Gasteiger partial charge on any atom is 0.136 e. The predicted octanol–water partition coefficient (Wildman–Crippen LogP) is 2.68. The zero-order chi connectivity index (χ0) is 15.5. The van der Waals surface area contributed by atoms with Gasteiger partial charge in [-0.05, 0) is 19.2 Å². The number of benzene rings is 1. The first kappa shape index (κ1) is 15.9. The zero-order valence-electron chi connectivity index (χ0n) is 13.9. The fraction of sp³-hybridized carbons (Fsp3) is 0.529. The van der Waals surface area contributed by atoms with Gasteiger partial charge in [0.1, 0.15) is 13.8 Å². The van der Waals surface area contributed by atoms with Crippen LogP contribution in [0.2, 0.25) is 19.6 Å². The van der Waals surface area contributed by atoms with Gasteiger partial charge in [0.15, 0.2) is 0 Å². The molecule has 1 aromatic carbocycles. The second-order valence-corrected chi connectivity index (χ2v) is 11.4. The van der Waals surface area contributed by atoms with E-state index in [1.54, 1.807) is 7.11 Å². The summed E-state index contributed by atoms with van der Waals surface area (Å²) < 4.78 is 5.54. The molecule has 2 rings (SSSR count). The number of rotatable bonds is 2. The van der Waals surface area contributed by atoms with E-state index in [-0.39, 0.29) is 0 Å². The normalized spacial score (nSPS) is 16.3. The maximum absolute atomic E-state index is 5.54. The van der Waals surface area contributed by atoms with E-state index in [2.05, 4.69) is 66.2 Å². The van der Waals surface area contributed by atoms with Gasteiger partial charge in [-0.2, -0.15) is 0 Å². The summed E-state index contributed by atoms with van der Waals surface area (Å²) in [4.78, 5) is 4.78. The average molecular weight is 302 g/mol. The van der Waals surface area contributed by atoms with Crippen LogP contribution < -0.4 is 9.64 Å². The zero-order valence-corrected chi connectivity index (χ0v) is 14.9. The Bertz CT molecular complexity index is 546. The van der Waals surface area contributed by atoms with Crippen LogP contribution in [0.25, 0.3) is 0 Å². The molecular formula is C17H26N2OSi. The molecule has 0 atom stereocenters. The SMILES string of the molecule is COc1cc(N2CCN(C)CC2)ccc1C#C[Si](C)(C)C. The predicted molar refractivity (Wildman–Crippen MR) is 92.9 cm³/mol. The van der Waals surface area contributed by atoms with Gasteiger partial charge in [0.25, 0.3) is 0 Å². The summed E-state index contributed by atoms with van der Waals surface area (Å²) in [5.41, 5.74) is 5.64. The van der Waals surface area contributed by atoms with Crippen LogP contribution in [0.5, 0.6) is 5.75 Å². The Balaban J connectivity index is 2.21. The van der Waals surface area contributed by atoms with Crippen molar-refractivity contribution in [2.75, 3.05) is 45.2 Å². The number of methoxy groups -OCH3 is 1. The van der Waals surface area contributed by atoms with Crippen molar-refractivity contribution in [3.05, 3.63) is 23.8 Å². The van der Waals surface area contributed by atoms with Crippen LogP contribution in [0.1, 0.15) is 5.56 Å². The van der Waals surface area contributed by atoms with Crippen LogP contribution in [-0.4, -0.2) is 53.3 Å². The molecule has 0 aromatic heterocycles. The minimum Gasteiger partial charge on any atom is -0.495 e. The third-order valence-electron chi connectivity index (χ3n) is 3.63. The highest BCUT2D eigenvalue weighted by molar-refractivity contribution is 6.83. The maximum atomic E-state index is 5.54. The van der Waals surface area contributed by atoms with Crippen LogP contribution >= 0.6 is 0 Å². The molecule has 1 saturated heterocycles. The summed E-state index contributed by atoms with van der Waals surface area (Å²) in [6, 6.07) is 6.39. The minimum atomic E-state index is -1.36. The third-order valence-corrected chi connectivity index (χ3v) is 4.50. The molecule has 0 N–H and O–H groups in total. The molecule has 21 heavy (non-hydrogen) atoms. The summed E-state index contributed by atoms with van der Waals surface area (Å²) in [6.07, 6.45) is 0. The van der Waals surface area contributed by atoms with Gasteiger partial charge < -0.3 is 14.5 Å². The first-order valence-electron chi connectivity index (χ1n) is 7.54. The molecule has 0 radical (unpaired) electrons. The lowest BCUT2D eigenvalue weighted by Crippen LogP contribution is -2.44. The van der Waals surface area contributed by atoms with Crippen molar-refractivity contribution in [1.82, 2.24) is 4.90 Å². The number of nitrogens with zero attached hydrogens (tertiary/aromatic N) is 2. The first-order valence-corrected chi connectivity index (χ1v) is 11.0. The average Bonchev–Trinajstić information content (AvgIpc) is 2.45. The van der Waals surface area contributed by atoms with Crippen LogP contribution in [0.3, 0.4) is 0 Å². The Morgan fingerprint density at radius 3 is 2.33 bits per heavy atom. The van der Waals surface area contributed by atoms with E-state index < -0.39 is 8.07 Å². The second-order valence-electron chi connectivity index (χ2n) is 6.67. The van der Waals surface area contributed by atoms with E-state index in [1.165, 1.54) is 5.69 Å². The lowest BCUT2D eigenvalue weighted by atomic mass is 10.1. The smallest absolute Gasteiger partial charge is 0.136 e. The van der Waals surface area contributed by atoms with E-state index in [1.807, 2.05) is 0 Å². The molecule has 0 amide bonds. The summed E-state index contributed by atoms with van der Waals surface area (Å²) >= 11 is 0. The molecule has 1 aliphatic rings. The number of hydrogen-bond acceptors (Lipinski definition) is 3. The van der Waals surface area contributed by atoms with Crippen molar-refractivity contribution >= 4 is 13.8 Å². The quantitative estimate of drug-likeness (QED) is 0.617. The highest BCUT2D eigenvalue weighted by atomic mass is 28.3. The molecule has 0 saturated carbocycles. The standard InChI is InChI=1S/C17H26N2OSi/c1-18-9-11-19(12-10-18)16-7-6-15(17(14-16)20-2)8-13-21(3,4)5/h6-7,14H,9-12H2,1-5H3. The van der Waals surface area contributed by atoms with Gasteiger partial charge in [-0.15, -0.1) is 5.54 Å². The Labute approximate surface area is 129 Å².